The molecular weight excluding hydrogens is 312 g/mol. The van der Waals surface area contributed by atoms with Gasteiger partial charge in [0.25, 0.3) is 11.5 Å². The van der Waals surface area contributed by atoms with Gasteiger partial charge in [-0.05, 0) is 12.1 Å². The second-order valence-electron chi connectivity index (χ2n) is 4.92. The molecule has 122 valence electrons. The van der Waals surface area contributed by atoms with Crippen LogP contribution in [0.2, 0.25) is 0 Å². The number of aromatic amines is 2. The zero-order chi connectivity index (χ0) is 16.9. The van der Waals surface area contributed by atoms with Crippen molar-refractivity contribution in [3.8, 4) is 11.5 Å². The Bertz CT molecular complexity index is 929. The molecule has 0 radical (unpaired) electrons. The number of H-pyrrole nitrogens is 2. The van der Waals surface area contributed by atoms with Crippen LogP contribution in [-0.4, -0.2) is 37.0 Å². The van der Waals surface area contributed by atoms with Gasteiger partial charge in [-0.15, -0.1) is 0 Å². The van der Waals surface area contributed by atoms with Crippen LogP contribution in [-0.2, 0) is 6.54 Å². The Hall–Kier alpha value is -3.49. The van der Waals surface area contributed by atoms with E-state index in [1.807, 2.05) is 27.8 Å². The quantitative estimate of drug-likeness (QED) is 0.596. The molecule has 0 bridgehead atoms. The summed E-state index contributed by atoms with van der Waals surface area (Å²) in [5, 5.41) is 2.64. The van der Waals surface area contributed by atoms with Crippen molar-refractivity contribution in [2.24, 2.45) is 0 Å². The third-order valence-electron chi connectivity index (χ3n) is 3.25. The first-order valence-electron chi connectivity index (χ1n) is 7.18. The van der Waals surface area contributed by atoms with Crippen molar-refractivity contribution in [3.63, 3.8) is 0 Å². The highest BCUT2D eigenvalue weighted by Crippen LogP contribution is 2.13. The van der Waals surface area contributed by atoms with E-state index in [9.17, 15) is 14.4 Å². The van der Waals surface area contributed by atoms with E-state index >= 15 is 0 Å². The van der Waals surface area contributed by atoms with E-state index < -0.39 is 17.2 Å². The molecule has 3 rings (SSSR count). The maximum Gasteiger partial charge on any atom is 0.326 e. The average molecular weight is 326 g/mol. The summed E-state index contributed by atoms with van der Waals surface area (Å²) in [5.41, 5.74) is -0.706. The Morgan fingerprint density at radius 2 is 2.04 bits per heavy atom. The SMILES string of the molecule is O=C(NCCn1ccnc1-c1ccccn1)c1cc(=O)[nH]c(=O)[nH]1. The molecule has 0 fully saturated rings. The predicted molar refractivity (Wildman–Crippen MR) is 85.5 cm³/mol. The molecule has 0 aliphatic heterocycles. The Balaban J connectivity index is 1.65. The molecule has 0 aliphatic rings. The Kier molecular flexibility index (Phi) is 4.32. The summed E-state index contributed by atoms with van der Waals surface area (Å²) in [7, 11) is 0. The van der Waals surface area contributed by atoms with Crippen LogP contribution in [0.15, 0.2) is 52.4 Å². The number of imidazole rings is 1. The van der Waals surface area contributed by atoms with Crippen molar-refractivity contribution in [3.05, 3.63) is 69.4 Å². The van der Waals surface area contributed by atoms with Crippen LogP contribution in [0.4, 0.5) is 0 Å². The van der Waals surface area contributed by atoms with Gasteiger partial charge in [-0.1, -0.05) is 6.07 Å². The fourth-order valence-corrected chi connectivity index (χ4v) is 2.19. The Labute approximate surface area is 135 Å². The number of pyridine rings is 1. The number of amides is 1. The van der Waals surface area contributed by atoms with E-state index in [2.05, 4.69) is 20.3 Å². The molecule has 9 nitrogen and oxygen atoms in total. The van der Waals surface area contributed by atoms with Crippen LogP contribution in [0, 0.1) is 0 Å². The smallest absolute Gasteiger partial charge is 0.326 e. The van der Waals surface area contributed by atoms with Gasteiger partial charge in [-0.25, -0.2) is 9.78 Å². The van der Waals surface area contributed by atoms with Crippen molar-refractivity contribution in [2.45, 2.75) is 6.54 Å². The second kappa shape index (κ2) is 6.73. The van der Waals surface area contributed by atoms with Crippen LogP contribution in [0.5, 0.6) is 0 Å². The van der Waals surface area contributed by atoms with Crippen LogP contribution in [0.25, 0.3) is 11.5 Å². The lowest BCUT2D eigenvalue weighted by molar-refractivity contribution is 0.0946. The van der Waals surface area contributed by atoms with Gasteiger partial charge >= 0.3 is 5.69 Å². The molecular formula is C15H14N6O3. The highest BCUT2D eigenvalue weighted by atomic mass is 16.2. The molecule has 0 saturated carbocycles. The topological polar surface area (TPSA) is 126 Å². The minimum atomic E-state index is -0.723. The first-order chi connectivity index (χ1) is 11.6. The molecule has 3 N–H and O–H groups in total. The fourth-order valence-electron chi connectivity index (χ4n) is 2.19. The largest absolute Gasteiger partial charge is 0.349 e. The highest BCUT2D eigenvalue weighted by molar-refractivity contribution is 5.91. The Morgan fingerprint density at radius 3 is 2.79 bits per heavy atom. The van der Waals surface area contributed by atoms with Gasteiger partial charge in [-0.3, -0.25) is 19.6 Å². The van der Waals surface area contributed by atoms with Crippen LogP contribution in [0.3, 0.4) is 0 Å². The molecule has 1 amide bonds. The number of carbonyl (C=O) groups excluding carboxylic acids is 1. The minimum absolute atomic E-state index is 0.0840. The normalized spacial score (nSPS) is 10.5. The average Bonchev–Trinajstić information content (AvgIpc) is 3.03. The number of nitrogens with one attached hydrogen (secondary N) is 3. The standard InChI is InChI=1S/C15H14N6O3/c22-12-9-11(19-15(24)20-12)14(23)18-6-8-21-7-5-17-13(21)10-3-1-2-4-16-10/h1-5,7,9H,6,8H2,(H,18,23)(H2,19,20,22,24). The molecule has 3 aromatic rings. The van der Waals surface area contributed by atoms with Crippen LogP contribution >= 0.6 is 0 Å². The van der Waals surface area contributed by atoms with E-state index in [1.54, 1.807) is 18.6 Å². The number of rotatable bonds is 5. The summed E-state index contributed by atoms with van der Waals surface area (Å²) in [6.45, 7) is 0.759. The van der Waals surface area contributed by atoms with Crippen molar-refractivity contribution < 1.29 is 4.79 Å². The molecule has 0 spiro atoms. The third kappa shape index (κ3) is 3.46. The lowest BCUT2D eigenvalue weighted by atomic mass is 10.3. The number of carbonyl (C=O) groups is 1. The zero-order valence-corrected chi connectivity index (χ0v) is 12.5. The highest BCUT2D eigenvalue weighted by Gasteiger charge is 2.09. The maximum atomic E-state index is 12.0. The van der Waals surface area contributed by atoms with Gasteiger partial charge in [0, 0.05) is 37.7 Å². The number of hydrogen-bond acceptors (Lipinski definition) is 5. The lowest BCUT2D eigenvalue weighted by Gasteiger charge is -2.08. The Morgan fingerprint density at radius 1 is 1.17 bits per heavy atom. The minimum Gasteiger partial charge on any atom is -0.349 e. The molecule has 0 saturated heterocycles. The molecule has 3 aromatic heterocycles. The fraction of sp³-hybridized carbons (Fsp3) is 0.133. The summed E-state index contributed by atoms with van der Waals surface area (Å²) < 4.78 is 1.85. The van der Waals surface area contributed by atoms with Gasteiger partial charge < -0.3 is 14.9 Å². The number of hydrogen-bond donors (Lipinski definition) is 3. The number of aromatic nitrogens is 5. The van der Waals surface area contributed by atoms with E-state index in [4.69, 9.17) is 0 Å². The van der Waals surface area contributed by atoms with Gasteiger partial charge in [0.1, 0.15) is 11.4 Å². The lowest BCUT2D eigenvalue weighted by Crippen LogP contribution is -2.32. The summed E-state index contributed by atoms with van der Waals surface area (Å²) >= 11 is 0. The maximum absolute atomic E-state index is 12.0. The van der Waals surface area contributed by atoms with Crippen molar-refractivity contribution >= 4 is 5.91 Å². The second-order valence-corrected chi connectivity index (χ2v) is 4.92. The third-order valence-corrected chi connectivity index (χ3v) is 3.25. The summed E-state index contributed by atoms with van der Waals surface area (Å²) in [6, 6.07) is 6.57. The van der Waals surface area contributed by atoms with Crippen molar-refractivity contribution in [1.29, 1.82) is 0 Å². The molecule has 3 heterocycles. The van der Waals surface area contributed by atoms with E-state index in [1.165, 1.54) is 0 Å². The predicted octanol–water partition coefficient (Wildman–Crippen LogP) is -0.248. The van der Waals surface area contributed by atoms with E-state index in [0.29, 0.717) is 18.9 Å². The number of nitrogens with zero attached hydrogens (tertiary/aromatic N) is 3. The monoisotopic (exact) mass is 326 g/mol. The first-order valence-corrected chi connectivity index (χ1v) is 7.18. The van der Waals surface area contributed by atoms with Crippen molar-refractivity contribution in [1.82, 2.24) is 29.8 Å². The molecule has 24 heavy (non-hydrogen) atoms. The first kappa shape index (κ1) is 15.4. The van der Waals surface area contributed by atoms with Gasteiger partial charge in [0.05, 0.1) is 0 Å². The van der Waals surface area contributed by atoms with Crippen LogP contribution < -0.4 is 16.6 Å². The zero-order valence-electron chi connectivity index (χ0n) is 12.5. The summed E-state index contributed by atoms with van der Waals surface area (Å²) in [4.78, 5) is 47.1. The summed E-state index contributed by atoms with van der Waals surface area (Å²) in [5.74, 6) is 0.159. The van der Waals surface area contributed by atoms with Gasteiger partial charge in [0.2, 0.25) is 0 Å². The van der Waals surface area contributed by atoms with E-state index in [0.717, 1.165) is 11.8 Å². The van der Waals surface area contributed by atoms with Gasteiger partial charge in [0.15, 0.2) is 5.82 Å². The van der Waals surface area contributed by atoms with E-state index in [-0.39, 0.29) is 5.69 Å². The van der Waals surface area contributed by atoms with Crippen molar-refractivity contribution in [2.75, 3.05) is 6.54 Å². The van der Waals surface area contributed by atoms with Crippen LogP contribution in [0.1, 0.15) is 10.5 Å². The molecule has 9 heteroatoms. The van der Waals surface area contributed by atoms with Gasteiger partial charge in [-0.2, -0.15) is 0 Å². The summed E-state index contributed by atoms with van der Waals surface area (Å²) in [6.07, 6.45) is 5.12. The molecule has 0 aliphatic carbocycles. The molecule has 0 aromatic carbocycles. The molecule has 0 unspecified atom stereocenters. The molecule has 0 atom stereocenters.